The Kier molecular flexibility index (Phi) is 3.35. The average Bonchev–Trinajstić information content (AvgIpc) is 2.03. The number of aliphatic hydroxyl groups excluding tert-OH is 1. The van der Waals surface area contributed by atoms with Crippen LogP contribution in [0.2, 0.25) is 0 Å². The zero-order valence-corrected chi connectivity index (χ0v) is 7.59. The van der Waals surface area contributed by atoms with E-state index in [-0.39, 0.29) is 6.61 Å². The minimum absolute atomic E-state index is 0.250. The minimum atomic E-state index is 0.250. The molecule has 0 radical (unpaired) electrons. The van der Waals surface area contributed by atoms with Gasteiger partial charge in [0.25, 0.3) is 0 Å². The molecule has 12 heavy (non-hydrogen) atoms. The first kappa shape index (κ1) is 9.33. The van der Waals surface area contributed by atoms with Gasteiger partial charge < -0.3 is 10.8 Å². The Bertz CT molecular complexity index is 206. The summed E-state index contributed by atoms with van der Waals surface area (Å²) in [5.74, 6) is 0.572. The van der Waals surface area contributed by atoms with E-state index in [2.05, 4.69) is 19.1 Å². The third-order valence-electron chi connectivity index (χ3n) is 2.18. The molecule has 0 aromatic heterocycles. The van der Waals surface area contributed by atoms with Gasteiger partial charge in [-0.05, 0) is 30.8 Å². The molecule has 1 aliphatic rings. The van der Waals surface area contributed by atoms with Crippen molar-refractivity contribution < 1.29 is 5.11 Å². The second-order valence-corrected chi connectivity index (χ2v) is 3.42. The third-order valence-corrected chi connectivity index (χ3v) is 2.18. The summed E-state index contributed by atoms with van der Waals surface area (Å²) < 4.78 is 0. The van der Waals surface area contributed by atoms with Gasteiger partial charge in [0.15, 0.2) is 0 Å². The van der Waals surface area contributed by atoms with E-state index in [0.29, 0.717) is 5.92 Å². The number of allylic oxidation sites excluding steroid dienone is 4. The summed E-state index contributed by atoms with van der Waals surface area (Å²) in [5, 5.41) is 8.65. The lowest BCUT2D eigenvalue weighted by Crippen LogP contribution is -2.09. The molecule has 2 heteroatoms. The van der Waals surface area contributed by atoms with Gasteiger partial charge in [-0.3, -0.25) is 0 Å². The zero-order valence-electron chi connectivity index (χ0n) is 7.59. The molecule has 0 saturated carbocycles. The molecular weight excluding hydrogens is 150 g/mol. The van der Waals surface area contributed by atoms with E-state index >= 15 is 0 Å². The second-order valence-electron chi connectivity index (χ2n) is 3.42. The fourth-order valence-corrected chi connectivity index (χ4v) is 1.45. The summed E-state index contributed by atoms with van der Waals surface area (Å²) in [6, 6.07) is 0. The Labute approximate surface area is 73.8 Å². The van der Waals surface area contributed by atoms with Gasteiger partial charge in [0, 0.05) is 12.3 Å². The molecule has 0 spiro atoms. The van der Waals surface area contributed by atoms with E-state index in [1.54, 1.807) is 0 Å². The molecule has 0 heterocycles. The SMILES string of the molecule is CC1C=CC(CCCO)=C(N)C1. The Balaban J connectivity index is 2.52. The summed E-state index contributed by atoms with van der Waals surface area (Å²) >= 11 is 0. The molecule has 2 nitrogen and oxygen atoms in total. The van der Waals surface area contributed by atoms with Gasteiger partial charge in [-0.15, -0.1) is 0 Å². The van der Waals surface area contributed by atoms with Gasteiger partial charge in [-0.25, -0.2) is 0 Å². The van der Waals surface area contributed by atoms with Gasteiger partial charge >= 0.3 is 0 Å². The van der Waals surface area contributed by atoms with E-state index in [1.165, 1.54) is 5.57 Å². The molecule has 1 unspecified atom stereocenters. The quantitative estimate of drug-likeness (QED) is 0.670. The standard InChI is InChI=1S/C10H17NO/c1-8-4-5-9(3-2-6-12)10(11)7-8/h4-5,8,12H,2-3,6-7,11H2,1H3. The Hall–Kier alpha value is -0.760. The number of nitrogens with two attached hydrogens (primary N) is 1. The van der Waals surface area contributed by atoms with E-state index in [1.807, 2.05) is 0 Å². The maximum atomic E-state index is 8.65. The summed E-state index contributed by atoms with van der Waals surface area (Å²) in [4.78, 5) is 0. The summed E-state index contributed by atoms with van der Waals surface area (Å²) in [5.41, 5.74) is 8.07. The number of hydrogen-bond acceptors (Lipinski definition) is 2. The molecule has 3 N–H and O–H groups in total. The third kappa shape index (κ3) is 2.38. The van der Waals surface area contributed by atoms with E-state index in [4.69, 9.17) is 10.8 Å². The van der Waals surface area contributed by atoms with Crippen molar-refractivity contribution in [3.05, 3.63) is 23.4 Å². The van der Waals surface area contributed by atoms with E-state index in [9.17, 15) is 0 Å². The molecule has 0 aromatic carbocycles. The predicted molar refractivity (Wildman–Crippen MR) is 50.5 cm³/mol. The molecule has 0 bridgehead atoms. The van der Waals surface area contributed by atoms with Crippen molar-refractivity contribution in [2.45, 2.75) is 26.2 Å². The predicted octanol–water partition coefficient (Wildman–Crippen LogP) is 1.57. The molecule has 0 fully saturated rings. The van der Waals surface area contributed by atoms with Crippen molar-refractivity contribution in [1.29, 1.82) is 0 Å². The molecule has 0 aromatic rings. The highest BCUT2D eigenvalue weighted by atomic mass is 16.2. The van der Waals surface area contributed by atoms with Crippen LogP contribution in [0.15, 0.2) is 23.4 Å². The van der Waals surface area contributed by atoms with Crippen molar-refractivity contribution in [3.63, 3.8) is 0 Å². The maximum Gasteiger partial charge on any atom is 0.0434 e. The van der Waals surface area contributed by atoms with Crippen LogP contribution in [0.5, 0.6) is 0 Å². The van der Waals surface area contributed by atoms with Gasteiger partial charge in [0.2, 0.25) is 0 Å². The van der Waals surface area contributed by atoms with Crippen molar-refractivity contribution in [1.82, 2.24) is 0 Å². The van der Waals surface area contributed by atoms with Crippen molar-refractivity contribution >= 4 is 0 Å². The second kappa shape index (κ2) is 4.31. The van der Waals surface area contributed by atoms with E-state index in [0.717, 1.165) is 25.0 Å². The van der Waals surface area contributed by atoms with Crippen LogP contribution < -0.4 is 5.73 Å². The summed E-state index contributed by atoms with van der Waals surface area (Å²) in [6.07, 6.45) is 6.97. The smallest absolute Gasteiger partial charge is 0.0434 e. The Morgan fingerprint density at radius 2 is 2.42 bits per heavy atom. The molecule has 1 rings (SSSR count). The van der Waals surface area contributed by atoms with Crippen molar-refractivity contribution in [2.75, 3.05) is 6.61 Å². The summed E-state index contributed by atoms with van der Waals surface area (Å²) in [7, 11) is 0. The molecule has 0 saturated heterocycles. The fraction of sp³-hybridized carbons (Fsp3) is 0.600. The van der Waals surface area contributed by atoms with Crippen molar-refractivity contribution in [2.24, 2.45) is 11.7 Å². The monoisotopic (exact) mass is 167 g/mol. The molecular formula is C10H17NO. The minimum Gasteiger partial charge on any atom is -0.402 e. The zero-order chi connectivity index (χ0) is 8.97. The first-order valence-electron chi connectivity index (χ1n) is 4.50. The number of rotatable bonds is 3. The summed E-state index contributed by atoms with van der Waals surface area (Å²) in [6.45, 7) is 2.41. The first-order chi connectivity index (χ1) is 5.74. The highest BCUT2D eigenvalue weighted by Crippen LogP contribution is 2.22. The van der Waals surface area contributed by atoms with E-state index < -0.39 is 0 Å². The first-order valence-corrected chi connectivity index (χ1v) is 4.50. The highest BCUT2D eigenvalue weighted by molar-refractivity contribution is 5.28. The topological polar surface area (TPSA) is 46.2 Å². The van der Waals surface area contributed by atoms with Crippen LogP contribution in [0.25, 0.3) is 0 Å². The van der Waals surface area contributed by atoms with Gasteiger partial charge in [-0.2, -0.15) is 0 Å². The number of aliphatic hydroxyl groups is 1. The lowest BCUT2D eigenvalue weighted by molar-refractivity contribution is 0.288. The fourth-order valence-electron chi connectivity index (χ4n) is 1.45. The average molecular weight is 167 g/mol. The highest BCUT2D eigenvalue weighted by Gasteiger charge is 2.09. The van der Waals surface area contributed by atoms with Crippen LogP contribution in [0, 0.1) is 5.92 Å². The molecule has 0 aliphatic heterocycles. The normalized spacial score (nSPS) is 23.3. The van der Waals surface area contributed by atoms with Gasteiger partial charge in [0.05, 0.1) is 0 Å². The van der Waals surface area contributed by atoms with Crippen LogP contribution in [0.4, 0.5) is 0 Å². The van der Waals surface area contributed by atoms with Crippen LogP contribution in [-0.4, -0.2) is 11.7 Å². The lowest BCUT2D eigenvalue weighted by Gasteiger charge is -2.16. The molecule has 1 aliphatic carbocycles. The van der Waals surface area contributed by atoms with Crippen LogP contribution >= 0.6 is 0 Å². The van der Waals surface area contributed by atoms with Crippen LogP contribution in [-0.2, 0) is 0 Å². The maximum absolute atomic E-state index is 8.65. The van der Waals surface area contributed by atoms with Crippen molar-refractivity contribution in [3.8, 4) is 0 Å². The molecule has 68 valence electrons. The Morgan fingerprint density at radius 3 is 3.00 bits per heavy atom. The lowest BCUT2D eigenvalue weighted by atomic mass is 9.93. The van der Waals surface area contributed by atoms with Crippen LogP contribution in [0.1, 0.15) is 26.2 Å². The molecule has 1 atom stereocenters. The van der Waals surface area contributed by atoms with Gasteiger partial charge in [-0.1, -0.05) is 19.1 Å². The van der Waals surface area contributed by atoms with Crippen LogP contribution in [0.3, 0.4) is 0 Å². The van der Waals surface area contributed by atoms with Gasteiger partial charge in [0.1, 0.15) is 0 Å². The molecule has 0 amide bonds. The number of hydrogen-bond donors (Lipinski definition) is 2. The largest absolute Gasteiger partial charge is 0.402 e. The Morgan fingerprint density at radius 1 is 1.67 bits per heavy atom.